The van der Waals surface area contributed by atoms with E-state index in [0.29, 0.717) is 0 Å². The summed E-state index contributed by atoms with van der Waals surface area (Å²) in [6.45, 7) is 14.4. The first-order valence-electron chi connectivity index (χ1n) is 7.53. The van der Waals surface area contributed by atoms with E-state index < -0.39 is 5.41 Å². The molecule has 0 bridgehead atoms. The van der Waals surface area contributed by atoms with Crippen LogP contribution in [0.5, 0.6) is 0 Å². The predicted octanol–water partition coefficient (Wildman–Crippen LogP) is 4.88. The monoisotopic (exact) mass is 266 g/mol. The lowest BCUT2D eigenvalue weighted by molar-refractivity contribution is -0.170. The van der Waals surface area contributed by atoms with Gasteiger partial charge >= 0.3 is 5.97 Å². The first-order valence-corrected chi connectivity index (χ1v) is 7.53. The Morgan fingerprint density at radius 1 is 1.26 bits per heavy atom. The molecule has 1 fully saturated rings. The van der Waals surface area contributed by atoms with Crippen LogP contribution >= 0.6 is 0 Å². The molecular weight excluding hydrogens is 236 g/mol. The van der Waals surface area contributed by atoms with Crippen LogP contribution < -0.4 is 0 Å². The van der Waals surface area contributed by atoms with Crippen LogP contribution in [0.15, 0.2) is 12.7 Å². The Morgan fingerprint density at radius 3 is 2.16 bits per heavy atom. The van der Waals surface area contributed by atoms with Gasteiger partial charge in [-0.05, 0) is 50.9 Å². The molecule has 1 rings (SSSR count). The van der Waals surface area contributed by atoms with E-state index in [-0.39, 0.29) is 17.0 Å². The van der Waals surface area contributed by atoms with Crippen molar-refractivity contribution in [2.24, 2.45) is 10.8 Å². The first kappa shape index (κ1) is 16.3. The van der Waals surface area contributed by atoms with Gasteiger partial charge in [-0.3, -0.25) is 4.79 Å². The smallest absolute Gasteiger partial charge is 0.316 e. The van der Waals surface area contributed by atoms with E-state index in [2.05, 4.69) is 34.3 Å². The van der Waals surface area contributed by atoms with Crippen LogP contribution in [0.4, 0.5) is 0 Å². The van der Waals surface area contributed by atoms with E-state index in [4.69, 9.17) is 4.74 Å². The number of hydrogen-bond donors (Lipinski definition) is 0. The van der Waals surface area contributed by atoms with Gasteiger partial charge in [0.05, 0.1) is 5.41 Å². The second kappa shape index (κ2) is 5.68. The van der Waals surface area contributed by atoms with Gasteiger partial charge in [0.1, 0.15) is 5.60 Å². The van der Waals surface area contributed by atoms with Crippen LogP contribution in [0.2, 0.25) is 0 Å². The van der Waals surface area contributed by atoms with Crippen LogP contribution in [-0.4, -0.2) is 11.6 Å². The van der Waals surface area contributed by atoms with Crippen LogP contribution in [0.25, 0.3) is 0 Å². The molecule has 1 atom stereocenters. The van der Waals surface area contributed by atoms with Crippen molar-refractivity contribution in [1.82, 2.24) is 0 Å². The summed E-state index contributed by atoms with van der Waals surface area (Å²) in [4.78, 5) is 12.6. The largest absolute Gasteiger partial charge is 0.458 e. The molecule has 2 nitrogen and oxygen atoms in total. The molecule has 1 aliphatic rings. The molecule has 0 aromatic carbocycles. The maximum atomic E-state index is 12.6. The Bertz CT molecular complexity index is 332. The lowest BCUT2D eigenvalue weighted by Gasteiger charge is -2.36. The summed E-state index contributed by atoms with van der Waals surface area (Å²) in [5.74, 6) is -0.0961. The Labute approximate surface area is 118 Å². The zero-order chi connectivity index (χ0) is 14.7. The average Bonchev–Trinajstić information content (AvgIpc) is 2.76. The van der Waals surface area contributed by atoms with Gasteiger partial charge in [-0.15, -0.1) is 6.58 Å². The van der Waals surface area contributed by atoms with Crippen molar-refractivity contribution in [3.63, 3.8) is 0 Å². The third-order valence-electron chi connectivity index (χ3n) is 4.28. The zero-order valence-electron chi connectivity index (χ0n) is 13.3. The topological polar surface area (TPSA) is 26.3 Å². The minimum atomic E-state index is -0.580. The second-order valence-corrected chi connectivity index (χ2v) is 7.49. The molecule has 0 heterocycles. The molecule has 0 aliphatic heterocycles. The van der Waals surface area contributed by atoms with Crippen molar-refractivity contribution in [3.05, 3.63) is 12.7 Å². The van der Waals surface area contributed by atoms with Gasteiger partial charge in [-0.1, -0.05) is 33.8 Å². The molecule has 0 amide bonds. The van der Waals surface area contributed by atoms with E-state index in [9.17, 15) is 4.79 Å². The van der Waals surface area contributed by atoms with Gasteiger partial charge in [-0.25, -0.2) is 0 Å². The van der Waals surface area contributed by atoms with Crippen molar-refractivity contribution in [2.45, 2.75) is 78.7 Å². The van der Waals surface area contributed by atoms with E-state index in [1.165, 1.54) is 12.8 Å². The minimum absolute atomic E-state index is 0.0804. The highest BCUT2D eigenvalue weighted by molar-refractivity contribution is 5.79. The summed E-state index contributed by atoms with van der Waals surface area (Å²) in [5.41, 5.74) is -0.709. The van der Waals surface area contributed by atoms with Crippen LogP contribution in [0, 0.1) is 10.8 Å². The quantitative estimate of drug-likeness (QED) is 0.523. The minimum Gasteiger partial charge on any atom is -0.458 e. The van der Waals surface area contributed by atoms with Crippen LogP contribution in [-0.2, 0) is 9.53 Å². The normalized spacial score (nSPS) is 21.7. The van der Waals surface area contributed by atoms with Crippen molar-refractivity contribution in [2.75, 3.05) is 0 Å². The molecule has 19 heavy (non-hydrogen) atoms. The fourth-order valence-corrected chi connectivity index (χ4v) is 3.19. The lowest BCUT2D eigenvalue weighted by Crippen LogP contribution is -2.39. The third-order valence-corrected chi connectivity index (χ3v) is 4.28. The molecular formula is C17H30O2. The average molecular weight is 266 g/mol. The van der Waals surface area contributed by atoms with Crippen LogP contribution in [0.3, 0.4) is 0 Å². The van der Waals surface area contributed by atoms with Crippen LogP contribution in [0.1, 0.15) is 73.1 Å². The third kappa shape index (κ3) is 4.09. The highest BCUT2D eigenvalue weighted by Crippen LogP contribution is 2.41. The fourth-order valence-electron chi connectivity index (χ4n) is 3.19. The van der Waals surface area contributed by atoms with E-state index in [1.54, 1.807) is 6.08 Å². The van der Waals surface area contributed by atoms with Gasteiger partial charge in [0.2, 0.25) is 0 Å². The standard InChI is InChI=1S/C17H30O2/c1-7-16(6,13-15(3,4)5)14(18)19-17(8-2)11-9-10-12-17/h7H,1,8-13H2,2-6H3. The summed E-state index contributed by atoms with van der Waals surface area (Å²) < 4.78 is 5.94. The van der Waals surface area contributed by atoms with Gasteiger partial charge in [0.15, 0.2) is 0 Å². The maximum Gasteiger partial charge on any atom is 0.316 e. The lowest BCUT2D eigenvalue weighted by atomic mass is 9.75. The predicted molar refractivity (Wildman–Crippen MR) is 80.0 cm³/mol. The summed E-state index contributed by atoms with van der Waals surface area (Å²) in [5, 5.41) is 0. The molecule has 0 radical (unpaired) electrons. The number of rotatable bonds is 5. The van der Waals surface area contributed by atoms with Gasteiger partial charge in [0, 0.05) is 0 Å². The molecule has 2 heteroatoms. The molecule has 1 saturated carbocycles. The molecule has 0 aromatic heterocycles. The van der Waals surface area contributed by atoms with E-state index >= 15 is 0 Å². The molecule has 0 aromatic rings. The molecule has 1 unspecified atom stereocenters. The Morgan fingerprint density at radius 2 is 1.79 bits per heavy atom. The first-order chi connectivity index (χ1) is 8.66. The number of carbonyl (C=O) groups excluding carboxylic acids is 1. The number of esters is 1. The highest BCUT2D eigenvalue weighted by Gasteiger charge is 2.42. The summed E-state index contributed by atoms with van der Waals surface area (Å²) >= 11 is 0. The SMILES string of the molecule is C=CC(C)(CC(C)(C)C)C(=O)OC1(CC)CCCC1. The van der Waals surface area contributed by atoms with Gasteiger partial charge in [0.25, 0.3) is 0 Å². The Balaban J connectivity index is 2.81. The summed E-state index contributed by atoms with van der Waals surface area (Å²) in [7, 11) is 0. The Kier molecular flexibility index (Phi) is 4.86. The van der Waals surface area contributed by atoms with Crippen molar-refractivity contribution in [3.8, 4) is 0 Å². The molecule has 0 N–H and O–H groups in total. The molecule has 0 spiro atoms. The maximum absolute atomic E-state index is 12.6. The number of ether oxygens (including phenoxy) is 1. The van der Waals surface area contributed by atoms with Gasteiger partial charge in [-0.2, -0.15) is 0 Å². The van der Waals surface area contributed by atoms with Gasteiger partial charge < -0.3 is 4.74 Å². The van der Waals surface area contributed by atoms with Crippen molar-refractivity contribution < 1.29 is 9.53 Å². The molecule has 110 valence electrons. The highest BCUT2D eigenvalue weighted by atomic mass is 16.6. The number of carbonyl (C=O) groups is 1. The zero-order valence-corrected chi connectivity index (χ0v) is 13.3. The fraction of sp³-hybridized carbons (Fsp3) is 0.824. The van der Waals surface area contributed by atoms with E-state index in [0.717, 1.165) is 25.7 Å². The summed E-state index contributed by atoms with van der Waals surface area (Å²) in [6.07, 6.45) is 7.81. The molecule has 0 saturated heterocycles. The van der Waals surface area contributed by atoms with Crippen molar-refractivity contribution in [1.29, 1.82) is 0 Å². The molecule has 1 aliphatic carbocycles. The number of hydrogen-bond acceptors (Lipinski definition) is 2. The van der Waals surface area contributed by atoms with Crippen molar-refractivity contribution >= 4 is 5.97 Å². The second-order valence-electron chi connectivity index (χ2n) is 7.49. The summed E-state index contributed by atoms with van der Waals surface area (Å²) in [6, 6.07) is 0. The Hall–Kier alpha value is -0.790. The van der Waals surface area contributed by atoms with E-state index in [1.807, 2.05) is 6.92 Å².